The molecule has 0 bridgehead atoms. The van der Waals surface area contributed by atoms with E-state index >= 15 is 0 Å². The van der Waals surface area contributed by atoms with Crippen LogP contribution in [0.25, 0.3) is 0 Å². The molecular formula is C13H21F5O2S. The fourth-order valence-electron chi connectivity index (χ4n) is 1.63. The molecule has 0 amide bonds. The lowest BCUT2D eigenvalue weighted by Gasteiger charge is -2.19. The number of esters is 1. The van der Waals surface area contributed by atoms with E-state index in [1.54, 1.807) is 0 Å². The lowest BCUT2D eigenvalue weighted by molar-refractivity contribution is -0.284. The number of carbonyl (C=O) groups is 1. The first kappa shape index (κ1) is 20.5. The van der Waals surface area contributed by atoms with E-state index in [2.05, 4.69) is 4.74 Å². The van der Waals surface area contributed by atoms with Crippen molar-refractivity contribution in [3.63, 3.8) is 0 Å². The summed E-state index contributed by atoms with van der Waals surface area (Å²) in [6.45, 7) is 3.72. The summed E-state index contributed by atoms with van der Waals surface area (Å²) in [5, 5.41) is -0.341. The molecule has 0 aromatic carbocycles. The third kappa shape index (κ3) is 7.33. The number of alkyl halides is 5. The molecule has 1 atom stereocenters. The summed E-state index contributed by atoms with van der Waals surface area (Å²) in [7, 11) is 1.29. The highest BCUT2D eigenvalue weighted by Crippen LogP contribution is 2.39. The van der Waals surface area contributed by atoms with Gasteiger partial charge in [0.2, 0.25) is 0 Å². The summed E-state index contributed by atoms with van der Waals surface area (Å²) in [5.41, 5.74) is 0. The maximum atomic E-state index is 12.6. The van der Waals surface area contributed by atoms with Crippen LogP contribution < -0.4 is 0 Å². The zero-order valence-corrected chi connectivity index (χ0v) is 13.1. The number of carbonyl (C=O) groups excluding carboxylic acids is 1. The molecule has 126 valence electrons. The fraction of sp³-hybridized carbons (Fsp3) is 0.923. The molecule has 0 aliphatic heterocycles. The smallest absolute Gasteiger partial charge is 0.453 e. The van der Waals surface area contributed by atoms with Gasteiger partial charge in [-0.3, -0.25) is 4.79 Å². The number of thioether (sulfide) groups is 1. The van der Waals surface area contributed by atoms with E-state index in [1.165, 1.54) is 18.9 Å². The van der Waals surface area contributed by atoms with E-state index in [-0.39, 0.29) is 30.0 Å². The first-order valence-corrected chi connectivity index (χ1v) is 7.71. The van der Waals surface area contributed by atoms with Gasteiger partial charge < -0.3 is 4.74 Å². The lowest BCUT2D eigenvalue weighted by atomic mass is 10.1. The topological polar surface area (TPSA) is 26.3 Å². The van der Waals surface area contributed by atoms with Crippen molar-refractivity contribution in [3.8, 4) is 0 Å². The fourth-order valence-corrected chi connectivity index (χ4v) is 2.87. The van der Waals surface area contributed by atoms with Crippen LogP contribution in [0, 0.1) is 5.92 Å². The Kier molecular flexibility index (Phi) is 8.58. The Morgan fingerprint density at radius 1 is 1.10 bits per heavy atom. The summed E-state index contributed by atoms with van der Waals surface area (Å²) in [5.74, 6) is -4.38. The van der Waals surface area contributed by atoms with Crippen LogP contribution in [0.5, 0.6) is 0 Å². The van der Waals surface area contributed by atoms with Crippen LogP contribution in [0.4, 0.5) is 22.0 Å². The van der Waals surface area contributed by atoms with Crippen molar-refractivity contribution in [2.24, 2.45) is 5.92 Å². The number of halogens is 5. The van der Waals surface area contributed by atoms with Gasteiger partial charge in [0.25, 0.3) is 0 Å². The third-order valence-electron chi connectivity index (χ3n) is 2.89. The number of methoxy groups -OCH3 is 1. The Bertz CT molecular complexity index is 318. The molecule has 1 unspecified atom stereocenters. The van der Waals surface area contributed by atoms with Gasteiger partial charge in [-0.25, -0.2) is 0 Å². The molecule has 0 heterocycles. The molecule has 0 aromatic rings. The van der Waals surface area contributed by atoms with Crippen LogP contribution in [0.3, 0.4) is 0 Å². The van der Waals surface area contributed by atoms with Crippen molar-refractivity contribution >= 4 is 17.7 Å². The molecule has 0 aliphatic carbocycles. The molecule has 0 rings (SSSR count). The molecule has 21 heavy (non-hydrogen) atoms. The van der Waals surface area contributed by atoms with Crippen LogP contribution >= 0.6 is 11.8 Å². The Balaban J connectivity index is 3.94. The van der Waals surface area contributed by atoms with Crippen LogP contribution in [0.1, 0.15) is 39.5 Å². The molecule has 0 N–H and O–H groups in total. The third-order valence-corrected chi connectivity index (χ3v) is 4.51. The normalized spacial score (nSPS) is 14.3. The molecule has 0 aromatic heterocycles. The van der Waals surface area contributed by atoms with Gasteiger partial charge >= 0.3 is 18.1 Å². The van der Waals surface area contributed by atoms with Crippen molar-refractivity contribution in [2.75, 3.05) is 12.9 Å². The Hall–Kier alpha value is -0.530. The summed E-state index contributed by atoms with van der Waals surface area (Å²) in [6, 6.07) is 0. The van der Waals surface area contributed by atoms with E-state index in [9.17, 15) is 26.7 Å². The van der Waals surface area contributed by atoms with Crippen molar-refractivity contribution in [2.45, 2.75) is 56.9 Å². The molecule has 0 fully saturated rings. The average Bonchev–Trinajstić information content (AvgIpc) is 2.35. The highest BCUT2D eigenvalue weighted by atomic mass is 32.2. The Morgan fingerprint density at radius 3 is 2.10 bits per heavy atom. The first-order chi connectivity index (χ1) is 9.53. The quantitative estimate of drug-likeness (QED) is 0.347. The van der Waals surface area contributed by atoms with E-state index < -0.39 is 18.5 Å². The van der Waals surface area contributed by atoms with E-state index in [0.29, 0.717) is 12.2 Å². The second-order valence-electron chi connectivity index (χ2n) is 5.07. The predicted octanol–water partition coefficient (Wildman–Crippen LogP) is 4.68. The van der Waals surface area contributed by atoms with Gasteiger partial charge in [0.05, 0.1) is 7.11 Å². The molecule has 2 nitrogen and oxygen atoms in total. The van der Waals surface area contributed by atoms with Gasteiger partial charge in [0.1, 0.15) is 5.25 Å². The molecule has 0 radical (unpaired) electrons. The largest absolute Gasteiger partial charge is 0.468 e. The van der Waals surface area contributed by atoms with Gasteiger partial charge in [-0.15, -0.1) is 11.8 Å². The van der Waals surface area contributed by atoms with Gasteiger partial charge in [-0.2, -0.15) is 22.0 Å². The maximum Gasteiger partial charge on any atom is 0.453 e. The highest BCUT2D eigenvalue weighted by molar-refractivity contribution is 8.00. The number of hydrogen-bond donors (Lipinski definition) is 0. The van der Waals surface area contributed by atoms with Gasteiger partial charge in [0.15, 0.2) is 0 Å². The maximum absolute atomic E-state index is 12.6. The van der Waals surface area contributed by atoms with Crippen LogP contribution in [0.2, 0.25) is 0 Å². The van der Waals surface area contributed by atoms with Crippen LogP contribution in [-0.4, -0.2) is 36.2 Å². The molecule has 0 aliphatic rings. The second-order valence-corrected chi connectivity index (χ2v) is 6.32. The minimum atomic E-state index is -5.48. The lowest BCUT2D eigenvalue weighted by Crippen LogP contribution is -2.36. The van der Waals surface area contributed by atoms with Crippen molar-refractivity contribution in [1.82, 2.24) is 0 Å². The zero-order valence-electron chi connectivity index (χ0n) is 12.3. The predicted molar refractivity (Wildman–Crippen MR) is 72.6 cm³/mol. The van der Waals surface area contributed by atoms with Gasteiger partial charge in [-0.05, 0) is 24.5 Å². The molecule has 0 saturated carbocycles. The Labute approximate surface area is 125 Å². The van der Waals surface area contributed by atoms with Crippen LogP contribution in [-0.2, 0) is 9.53 Å². The first-order valence-electron chi connectivity index (χ1n) is 6.67. The monoisotopic (exact) mass is 336 g/mol. The minimum absolute atomic E-state index is 0.0667. The number of rotatable bonds is 9. The van der Waals surface area contributed by atoms with Gasteiger partial charge in [-0.1, -0.05) is 20.3 Å². The summed E-state index contributed by atoms with van der Waals surface area (Å²) >= 11 is 1.34. The van der Waals surface area contributed by atoms with Gasteiger partial charge in [0, 0.05) is 6.42 Å². The molecular weight excluding hydrogens is 315 g/mol. The number of unbranched alkanes of at least 4 members (excludes halogenated alkanes) is 2. The summed E-state index contributed by atoms with van der Waals surface area (Å²) in [6.07, 6.45) is -6.11. The molecule has 0 saturated heterocycles. The van der Waals surface area contributed by atoms with Crippen molar-refractivity contribution in [3.05, 3.63) is 0 Å². The van der Waals surface area contributed by atoms with Crippen molar-refractivity contribution in [1.29, 1.82) is 0 Å². The zero-order chi connectivity index (χ0) is 16.7. The SMILES string of the molecule is COC(=O)C(SCCCCCC(F)(F)C(F)(F)F)C(C)C. The van der Waals surface area contributed by atoms with E-state index in [1.807, 2.05) is 13.8 Å². The van der Waals surface area contributed by atoms with Crippen LogP contribution in [0.15, 0.2) is 0 Å². The second kappa shape index (κ2) is 8.80. The molecule has 0 spiro atoms. The summed E-state index contributed by atoms with van der Waals surface area (Å²) < 4.78 is 65.7. The average molecular weight is 336 g/mol. The number of ether oxygens (including phenoxy) is 1. The standard InChI is InChI=1S/C13H21F5O2S/c1-9(2)10(11(19)20-3)21-8-6-4-5-7-12(14,15)13(16,17)18/h9-10H,4-8H2,1-3H3. The van der Waals surface area contributed by atoms with Crippen molar-refractivity contribution < 1.29 is 31.5 Å². The minimum Gasteiger partial charge on any atom is -0.468 e. The number of hydrogen-bond acceptors (Lipinski definition) is 3. The Morgan fingerprint density at radius 2 is 1.67 bits per heavy atom. The summed E-state index contributed by atoms with van der Waals surface area (Å²) in [4.78, 5) is 11.4. The van der Waals surface area contributed by atoms with E-state index in [0.717, 1.165) is 0 Å². The molecule has 8 heteroatoms. The van der Waals surface area contributed by atoms with E-state index in [4.69, 9.17) is 0 Å². The highest BCUT2D eigenvalue weighted by Gasteiger charge is 2.56.